The number of hydrogen-bond donors (Lipinski definition) is 0. The molecule has 0 N–H and O–H groups in total. The van der Waals surface area contributed by atoms with Crippen LogP contribution in [0.3, 0.4) is 0 Å². The Morgan fingerprint density at radius 3 is 2.04 bits per heavy atom. The van der Waals surface area contributed by atoms with E-state index in [1.807, 2.05) is 78.3 Å². The first-order valence-electron chi connectivity index (χ1n) is 8.50. The van der Waals surface area contributed by atoms with Crippen LogP contribution in [-0.2, 0) is 0 Å². The minimum absolute atomic E-state index is 0.704. The number of rotatable bonds is 1. The van der Waals surface area contributed by atoms with E-state index < -0.39 is 0 Å². The number of halogens is 2. The van der Waals surface area contributed by atoms with E-state index in [9.17, 15) is 0 Å². The van der Waals surface area contributed by atoms with Crippen molar-refractivity contribution < 1.29 is 4.42 Å². The molecule has 5 rings (SSSR count). The van der Waals surface area contributed by atoms with E-state index in [-0.39, 0.29) is 0 Å². The van der Waals surface area contributed by atoms with Crippen molar-refractivity contribution in [2.24, 2.45) is 0 Å². The molecule has 0 amide bonds. The Bertz CT molecular complexity index is 990. The first-order valence-corrected chi connectivity index (χ1v) is 10.1. The molecule has 0 unspecified atom stereocenters. The highest BCUT2D eigenvalue weighted by Gasteiger charge is 2.07. The van der Waals surface area contributed by atoms with Gasteiger partial charge in [-0.05, 0) is 47.8 Å². The van der Waals surface area contributed by atoms with Crippen molar-refractivity contribution in [2.45, 2.75) is 0 Å². The Morgan fingerprint density at radius 1 is 0.714 bits per heavy atom. The number of nitrogens with zero attached hydrogens (tertiary/aromatic N) is 1. The van der Waals surface area contributed by atoms with Crippen LogP contribution in [0.15, 0.2) is 107 Å². The largest absolute Gasteiger partial charge is 0.473 e. The zero-order chi connectivity index (χ0) is 19.6. The molecule has 0 atom stereocenters. The fraction of sp³-hybridized carbons (Fsp3) is 0. The predicted molar refractivity (Wildman–Crippen MR) is 120 cm³/mol. The summed E-state index contributed by atoms with van der Waals surface area (Å²) in [6.07, 6.45) is 5.06. The average molecular weight is 426 g/mol. The first kappa shape index (κ1) is 20.2. The van der Waals surface area contributed by atoms with E-state index in [1.165, 1.54) is 5.39 Å². The van der Waals surface area contributed by atoms with Gasteiger partial charge in [-0.1, -0.05) is 59.6 Å². The van der Waals surface area contributed by atoms with Gasteiger partial charge >= 0.3 is 0 Å². The van der Waals surface area contributed by atoms with Crippen molar-refractivity contribution in [1.29, 1.82) is 0 Å². The fourth-order valence-electron chi connectivity index (χ4n) is 2.40. The summed E-state index contributed by atoms with van der Waals surface area (Å²) in [5.74, 6) is 0. The zero-order valence-electron chi connectivity index (χ0n) is 14.8. The van der Waals surface area contributed by atoms with E-state index in [0.29, 0.717) is 10.0 Å². The second kappa shape index (κ2) is 10.7. The van der Waals surface area contributed by atoms with Gasteiger partial charge in [0, 0.05) is 22.0 Å². The highest BCUT2D eigenvalue weighted by Crippen LogP contribution is 2.36. The number of pyridine rings is 1. The maximum absolute atomic E-state index is 6.04. The van der Waals surface area contributed by atoms with Crippen molar-refractivity contribution in [2.75, 3.05) is 0 Å². The third kappa shape index (κ3) is 5.70. The molecule has 3 aromatic heterocycles. The molecule has 0 saturated carbocycles. The van der Waals surface area contributed by atoms with Gasteiger partial charge in [0.25, 0.3) is 0 Å². The summed E-state index contributed by atoms with van der Waals surface area (Å²) < 4.78 is 4.58. The number of benzene rings is 2. The SMILES string of the molecule is Clc1cccc(Cl)c1-c1cccs1.c1ccc2ncccc2c1.c1ccoc1. The summed E-state index contributed by atoms with van der Waals surface area (Å²) in [7, 11) is 0. The molecule has 5 aromatic rings. The van der Waals surface area contributed by atoms with Crippen molar-refractivity contribution in [3.8, 4) is 10.4 Å². The molecule has 0 saturated heterocycles. The number of aromatic nitrogens is 1. The molecule has 0 fully saturated rings. The molecule has 2 nitrogen and oxygen atoms in total. The van der Waals surface area contributed by atoms with E-state index >= 15 is 0 Å². The normalized spacial score (nSPS) is 9.79. The van der Waals surface area contributed by atoms with Gasteiger partial charge in [0.15, 0.2) is 0 Å². The Hall–Kier alpha value is -2.59. The van der Waals surface area contributed by atoms with Crippen LogP contribution in [0.25, 0.3) is 21.3 Å². The van der Waals surface area contributed by atoms with E-state index in [1.54, 1.807) is 23.9 Å². The molecule has 0 aliphatic heterocycles. The lowest BCUT2D eigenvalue weighted by molar-refractivity contribution is 0.567. The predicted octanol–water partition coefficient (Wildman–Crippen LogP) is 8.24. The Kier molecular flexibility index (Phi) is 7.68. The molecule has 140 valence electrons. The lowest BCUT2D eigenvalue weighted by Crippen LogP contribution is -1.76. The standard InChI is InChI=1S/C10H6Cl2S.C9H7N.C4H4O/c11-7-3-1-4-8(12)10(7)9-5-2-6-13-9;1-2-6-9-8(4-1)5-3-7-10-9;1-2-4-5-3-1/h1-6H;1-7H;1-4H. The van der Waals surface area contributed by atoms with Crippen molar-refractivity contribution in [3.05, 3.63) is 113 Å². The van der Waals surface area contributed by atoms with Crippen LogP contribution in [0.1, 0.15) is 0 Å². The van der Waals surface area contributed by atoms with Gasteiger partial charge in [0.1, 0.15) is 0 Å². The number of fused-ring (bicyclic) bond motifs is 1. The van der Waals surface area contributed by atoms with Gasteiger partial charge in [-0.3, -0.25) is 4.98 Å². The minimum atomic E-state index is 0.704. The maximum atomic E-state index is 6.04. The maximum Gasteiger partial charge on any atom is 0.0902 e. The molecule has 0 aliphatic carbocycles. The van der Waals surface area contributed by atoms with Crippen molar-refractivity contribution in [1.82, 2.24) is 4.98 Å². The molecule has 5 heteroatoms. The van der Waals surface area contributed by atoms with Crippen LogP contribution >= 0.6 is 34.5 Å². The minimum Gasteiger partial charge on any atom is -0.473 e. The van der Waals surface area contributed by atoms with Gasteiger partial charge in [-0.15, -0.1) is 11.3 Å². The van der Waals surface area contributed by atoms with Gasteiger partial charge < -0.3 is 4.42 Å². The molecular weight excluding hydrogens is 409 g/mol. The Labute approximate surface area is 178 Å². The quantitative estimate of drug-likeness (QED) is 0.270. The lowest BCUT2D eigenvalue weighted by Gasteiger charge is -2.02. The van der Waals surface area contributed by atoms with Crippen LogP contribution in [0, 0.1) is 0 Å². The van der Waals surface area contributed by atoms with E-state index in [4.69, 9.17) is 23.2 Å². The fourth-order valence-corrected chi connectivity index (χ4v) is 3.91. The smallest absolute Gasteiger partial charge is 0.0902 e. The van der Waals surface area contributed by atoms with Crippen LogP contribution in [0.4, 0.5) is 0 Å². The van der Waals surface area contributed by atoms with Crippen molar-refractivity contribution in [3.63, 3.8) is 0 Å². The van der Waals surface area contributed by atoms with E-state index in [2.05, 4.69) is 21.5 Å². The number of hydrogen-bond acceptors (Lipinski definition) is 3. The Balaban J connectivity index is 0.000000132. The molecular formula is C23H17Cl2NOS. The molecule has 0 spiro atoms. The molecule has 0 aliphatic rings. The molecule has 0 radical (unpaired) electrons. The van der Waals surface area contributed by atoms with Crippen LogP contribution in [-0.4, -0.2) is 4.98 Å². The summed E-state index contributed by atoms with van der Waals surface area (Å²) >= 11 is 13.7. The molecule has 2 aromatic carbocycles. The van der Waals surface area contributed by atoms with Gasteiger partial charge in [0.05, 0.1) is 28.1 Å². The molecule has 28 heavy (non-hydrogen) atoms. The first-order chi connectivity index (χ1) is 13.8. The summed E-state index contributed by atoms with van der Waals surface area (Å²) in [6, 6.07) is 25.3. The van der Waals surface area contributed by atoms with Crippen LogP contribution in [0.5, 0.6) is 0 Å². The van der Waals surface area contributed by atoms with Gasteiger partial charge in [-0.25, -0.2) is 0 Å². The second-order valence-electron chi connectivity index (χ2n) is 5.56. The van der Waals surface area contributed by atoms with Crippen molar-refractivity contribution >= 4 is 45.4 Å². The van der Waals surface area contributed by atoms with E-state index in [0.717, 1.165) is 16.0 Å². The highest BCUT2D eigenvalue weighted by molar-refractivity contribution is 7.13. The number of furan rings is 1. The highest BCUT2D eigenvalue weighted by atomic mass is 35.5. The monoisotopic (exact) mass is 425 g/mol. The second-order valence-corrected chi connectivity index (χ2v) is 7.33. The summed E-state index contributed by atoms with van der Waals surface area (Å²) in [5, 5.41) is 4.62. The van der Waals surface area contributed by atoms with Crippen LogP contribution < -0.4 is 0 Å². The number of thiophene rings is 1. The number of para-hydroxylation sites is 1. The topological polar surface area (TPSA) is 26.0 Å². The van der Waals surface area contributed by atoms with Gasteiger partial charge in [-0.2, -0.15) is 0 Å². The third-order valence-electron chi connectivity index (χ3n) is 3.67. The lowest BCUT2D eigenvalue weighted by atomic mass is 10.2. The van der Waals surface area contributed by atoms with Crippen LogP contribution in [0.2, 0.25) is 10.0 Å². The third-order valence-corrected chi connectivity index (χ3v) is 5.19. The molecule has 0 bridgehead atoms. The Morgan fingerprint density at radius 2 is 1.43 bits per heavy atom. The summed E-state index contributed by atoms with van der Waals surface area (Å²) in [4.78, 5) is 5.29. The summed E-state index contributed by atoms with van der Waals surface area (Å²) in [5.41, 5.74) is 1.99. The van der Waals surface area contributed by atoms with Gasteiger partial charge in [0.2, 0.25) is 0 Å². The average Bonchev–Trinajstić information content (AvgIpc) is 3.46. The molecule has 3 heterocycles. The zero-order valence-corrected chi connectivity index (χ0v) is 17.2. The summed E-state index contributed by atoms with van der Waals surface area (Å²) in [6.45, 7) is 0.